The number of sulfonamides is 1. The van der Waals surface area contributed by atoms with E-state index in [0.717, 1.165) is 42.8 Å². The topological polar surface area (TPSA) is 116 Å². The van der Waals surface area contributed by atoms with E-state index in [9.17, 15) is 23.4 Å². The largest absolute Gasteiger partial charge is 0.490 e. The van der Waals surface area contributed by atoms with Crippen molar-refractivity contribution in [3.05, 3.63) is 58.1 Å². The van der Waals surface area contributed by atoms with Crippen molar-refractivity contribution < 1.29 is 28.2 Å². The van der Waals surface area contributed by atoms with E-state index in [-0.39, 0.29) is 29.4 Å². The lowest BCUT2D eigenvalue weighted by Gasteiger charge is -2.49. The number of aliphatic hydroxyl groups excluding tert-OH is 1. The minimum absolute atomic E-state index is 0.0661. The monoisotopic (exact) mass is 630 g/mol. The number of amides is 1. The molecule has 2 aromatic carbocycles. The number of carbonyl (C=O) groups is 1. The fourth-order valence-electron chi connectivity index (χ4n) is 8.07. The van der Waals surface area contributed by atoms with Crippen LogP contribution in [0.25, 0.3) is 0 Å². The van der Waals surface area contributed by atoms with Crippen molar-refractivity contribution in [1.29, 1.82) is 0 Å². The summed E-state index contributed by atoms with van der Waals surface area (Å²) in [7, 11) is -3.91. The van der Waals surface area contributed by atoms with E-state index < -0.39 is 26.8 Å². The van der Waals surface area contributed by atoms with Crippen molar-refractivity contribution in [2.24, 2.45) is 11.8 Å². The zero-order chi connectivity index (χ0) is 30.4. The maximum Gasteiger partial charge on any atom is 0.264 e. The molecule has 1 amide bonds. The highest BCUT2D eigenvalue weighted by molar-refractivity contribution is 7.90. The summed E-state index contributed by atoms with van der Waals surface area (Å²) in [5.74, 6) is 0.102. The van der Waals surface area contributed by atoms with E-state index in [2.05, 4.69) is 21.8 Å². The van der Waals surface area contributed by atoms with Gasteiger partial charge in [-0.3, -0.25) is 4.79 Å². The van der Waals surface area contributed by atoms with Crippen LogP contribution in [0.2, 0.25) is 5.02 Å². The van der Waals surface area contributed by atoms with Gasteiger partial charge in [0, 0.05) is 29.1 Å². The number of fused-ring (bicyclic) bond motifs is 4. The Morgan fingerprint density at radius 1 is 1.09 bits per heavy atom. The quantitative estimate of drug-likeness (QED) is 0.429. The number of hydrogen-bond donors (Lipinski definition) is 3. The maximum absolute atomic E-state index is 13.4. The van der Waals surface area contributed by atoms with Crippen molar-refractivity contribution >= 4 is 33.2 Å². The fraction of sp³-hybridized carbons (Fsp3) is 0.606. The van der Waals surface area contributed by atoms with Crippen LogP contribution in [0.3, 0.4) is 0 Å². The first-order valence-corrected chi connectivity index (χ1v) is 17.7. The fourth-order valence-corrected chi connectivity index (χ4v) is 9.72. The third-order valence-corrected chi connectivity index (χ3v) is 12.8. The number of anilines is 1. The van der Waals surface area contributed by atoms with E-state index >= 15 is 0 Å². The summed E-state index contributed by atoms with van der Waals surface area (Å²) in [5.41, 5.74) is 1.96. The summed E-state index contributed by atoms with van der Waals surface area (Å²) < 4.78 is 35.4. The average molecular weight is 631 g/mol. The lowest BCUT2D eigenvalue weighted by atomic mass is 9.63. The smallest absolute Gasteiger partial charge is 0.264 e. The highest BCUT2D eigenvalue weighted by Gasteiger charge is 2.48. The summed E-state index contributed by atoms with van der Waals surface area (Å²) in [5, 5.41) is 22.1. The Morgan fingerprint density at radius 2 is 1.93 bits per heavy atom. The van der Waals surface area contributed by atoms with Gasteiger partial charge >= 0.3 is 0 Å². The number of rotatable bonds is 2. The number of benzene rings is 2. The van der Waals surface area contributed by atoms with Gasteiger partial charge in [-0.2, -0.15) is 0 Å². The van der Waals surface area contributed by atoms with Crippen LogP contribution in [0, 0.1) is 11.8 Å². The van der Waals surface area contributed by atoms with Gasteiger partial charge in [-0.1, -0.05) is 37.4 Å². The van der Waals surface area contributed by atoms with Gasteiger partial charge in [0.25, 0.3) is 5.91 Å². The van der Waals surface area contributed by atoms with Gasteiger partial charge in [0.1, 0.15) is 5.75 Å². The van der Waals surface area contributed by atoms with Crippen LogP contribution < -0.4 is 14.4 Å². The number of nitrogens with one attached hydrogen (secondary N) is 1. The molecule has 234 valence electrons. The number of ether oxygens (including phenoxy) is 1. The molecule has 2 aliphatic carbocycles. The number of nitrogens with zero attached hydrogens (tertiary/aromatic N) is 1. The molecule has 2 aliphatic heterocycles. The zero-order valence-corrected chi connectivity index (χ0v) is 26.4. The molecule has 2 bridgehead atoms. The molecule has 0 saturated heterocycles. The Kier molecular flexibility index (Phi) is 8.48. The van der Waals surface area contributed by atoms with Crippen LogP contribution in [0.1, 0.15) is 86.2 Å². The van der Waals surface area contributed by atoms with Crippen molar-refractivity contribution in [3.8, 4) is 5.75 Å². The first-order chi connectivity index (χ1) is 20.6. The summed E-state index contributed by atoms with van der Waals surface area (Å²) in [6.07, 6.45) is 7.02. The molecule has 0 aromatic heterocycles. The van der Waals surface area contributed by atoms with Crippen LogP contribution in [0.4, 0.5) is 5.69 Å². The van der Waals surface area contributed by atoms with E-state index in [1.165, 1.54) is 11.1 Å². The molecule has 4 aliphatic rings. The third kappa shape index (κ3) is 5.78. The summed E-state index contributed by atoms with van der Waals surface area (Å²) in [6.45, 7) is 3.24. The molecule has 2 aromatic rings. The van der Waals surface area contributed by atoms with Gasteiger partial charge in [-0.05, 0) is 105 Å². The van der Waals surface area contributed by atoms with Crippen LogP contribution in [0.15, 0.2) is 36.4 Å². The van der Waals surface area contributed by atoms with E-state index in [4.69, 9.17) is 16.3 Å². The Balaban J connectivity index is 1.43. The molecule has 6 rings (SSSR count). The molecule has 3 N–H and O–H groups in total. The van der Waals surface area contributed by atoms with Crippen molar-refractivity contribution in [1.82, 2.24) is 4.72 Å². The number of hydrogen-bond acceptors (Lipinski definition) is 7. The summed E-state index contributed by atoms with van der Waals surface area (Å²) in [6, 6.07) is 11.3. The van der Waals surface area contributed by atoms with Crippen molar-refractivity contribution in [2.75, 3.05) is 31.2 Å². The second kappa shape index (κ2) is 11.9. The van der Waals surface area contributed by atoms with Crippen LogP contribution in [0.5, 0.6) is 5.75 Å². The van der Waals surface area contributed by atoms with E-state index in [1.807, 2.05) is 6.07 Å². The normalized spacial score (nSPS) is 32.4. The number of aliphatic hydroxyl groups is 2. The van der Waals surface area contributed by atoms with Crippen LogP contribution >= 0.6 is 11.6 Å². The van der Waals surface area contributed by atoms with Crippen LogP contribution in [-0.4, -0.2) is 61.7 Å². The number of halogens is 1. The maximum atomic E-state index is 13.4. The zero-order valence-electron chi connectivity index (χ0n) is 24.9. The molecule has 0 radical (unpaired) electrons. The second-order valence-electron chi connectivity index (χ2n) is 13.2. The lowest BCUT2D eigenvalue weighted by molar-refractivity contribution is -0.117. The van der Waals surface area contributed by atoms with E-state index in [0.29, 0.717) is 57.6 Å². The third-order valence-electron chi connectivity index (χ3n) is 10.7. The second-order valence-corrected chi connectivity index (χ2v) is 15.6. The lowest BCUT2D eigenvalue weighted by Crippen LogP contribution is -2.54. The molecule has 8 nitrogen and oxygen atoms in total. The average Bonchev–Trinajstić information content (AvgIpc) is 3.11. The van der Waals surface area contributed by atoms with Gasteiger partial charge < -0.3 is 19.8 Å². The molecule has 1 fully saturated rings. The molecular weight excluding hydrogens is 588 g/mol. The SMILES string of the molecule is CC[C@@H]1CCCC[C@](O)(CO)[C@@H]2CC[C@H]2CN2C[C@@]3(CCCc4cc(Cl)ccc43)COc3ccc(cc32)C(=O)NS1(=O)=O. The Morgan fingerprint density at radius 3 is 2.67 bits per heavy atom. The minimum Gasteiger partial charge on any atom is -0.490 e. The van der Waals surface area contributed by atoms with Gasteiger partial charge in [-0.15, -0.1) is 0 Å². The van der Waals surface area contributed by atoms with Crippen LogP contribution in [-0.2, 0) is 21.9 Å². The molecular formula is C33H43ClN2O6S. The Bertz CT molecular complexity index is 1480. The van der Waals surface area contributed by atoms with Gasteiger partial charge in [0.2, 0.25) is 10.0 Å². The van der Waals surface area contributed by atoms with Crippen molar-refractivity contribution in [2.45, 2.75) is 87.4 Å². The predicted molar refractivity (Wildman–Crippen MR) is 167 cm³/mol. The molecule has 43 heavy (non-hydrogen) atoms. The summed E-state index contributed by atoms with van der Waals surface area (Å²) >= 11 is 6.39. The van der Waals surface area contributed by atoms with E-state index in [1.54, 1.807) is 25.1 Å². The highest BCUT2D eigenvalue weighted by Crippen LogP contribution is 2.48. The molecule has 2 heterocycles. The minimum atomic E-state index is -3.91. The van der Waals surface area contributed by atoms with Gasteiger partial charge in [0.15, 0.2) is 0 Å². The number of carbonyl (C=O) groups excluding carboxylic acids is 1. The molecule has 5 atom stereocenters. The molecule has 1 spiro atoms. The molecule has 0 unspecified atom stereocenters. The van der Waals surface area contributed by atoms with Crippen molar-refractivity contribution in [3.63, 3.8) is 0 Å². The Labute approximate surface area is 259 Å². The highest BCUT2D eigenvalue weighted by atomic mass is 35.5. The predicted octanol–water partition coefficient (Wildman–Crippen LogP) is 4.97. The summed E-state index contributed by atoms with van der Waals surface area (Å²) in [4.78, 5) is 15.7. The Hall–Kier alpha value is -2.33. The molecule has 1 saturated carbocycles. The molecule has 10 heteroatoms. The number of aryl methyl sites for hydroxylation is 1. The first kappa shape index (κ1) is 30.7. The van der Waals surface area contributed by atoms with Gasteiger partial charge in [-0.25, -0.2) is 13.1 Å². The first-order valence-electron chi connectivity index (χ1n) is 15.8. The van der Waals surface area contributed by atoms with Gasteiger partial charge in [0.05, 0.1) is 29.8 Å². The standard InChI is InChI=1S/C33H43ClN2O6S/c1-2-26-7-3-4-15-33(39,20-37)28-11-8-24(28)18-36-19-32(14-5-6-22-16-25(34)10-12-27(22)32)21-42-30-13-9-23(17-29(30)36)31(38)35-43(26,40)41/h9-10,12-13,16-17,24,26,28,37,39H,2-8,11,14-15,18-21H2,1H3,(H,35,38)/t24-,26+,28+,32-,33-/m0/s1.